The molecule has 1 aliphatic heterocycles. The van der Waals surface area contributed by atoms with E-state index in [4.69, 9.17) is 16.3 Å². The maximum Gasteiger partial charge on any atom is 0.337 e. The summed E-state index contributed by atoms with van der Waals surface area (Å²) in [4.78, 5) is 42.3. The first-order valence-electron chi connectivity index (χ1n) is 12.3. The molecule has 1 aliphatic rings. The van der Waals surface area contributed by atoms with Gasteiger partial charge in [-0.15, -0.1) is 0 Å². The number of fused-ring (bicyclic) bond motifs is 1. The molecule has 9 nitrogen and oxygen atoms in total. The fourth-order valence-electron chi connectivity index (χ4n) is 4.65. The van der Waals surface area contributed by atoms with E-state index >= 15 is 0 Å². The molecule has 1 saturated heterocycles. The van der Waals surface area contributed by atoms with Crippen molar-refractivity contribution in [2.45, 2.75) is 19.3 Å². The highest BCUT2D eigenvalue weighted by Gasteiger charge is 2.24. The number of likely N-dealkylation sites (tertiary alicyclic amines) is 1. The molecule has 0 spiro atoms. The lowest BCUT2D eigenvalue weighted by molar-refractivity contribution is -0.132. The van der Waals surface area contributed by atoms with Gasteiger partial charge in [-0.3, -0.25) is 4.79 Å². The van der Waals surface area contributed by atoms with Crippen LogP contribution in [0.4, 0.5) is 10.2 Å². The number of piperidine rings is 1. The number of amides is 1. The summed E-state index contributed by atoms with van der Waals surface area (Å²) in [6, 6.07) is 8.60. The summed E-state index contributed by atoms with van der Waals surface area (Å²) in [6.45, 7) is 1.71. The number of esters is 1. The second-order valence-corrected chi connectivity index (χ2v) is 9.67. The maximum atomic E-state index is 14.6. The summed E-state index contributed by atoms with van der Waals surface area (Å²) in [5.41, 5.74) is 2.58. The monoisotopic (exact) mass is 536 g/mol. The minimum Gasteiger partial charge on any atom is -0.465 e. The molecule has 0 radical (unpaired) electrons. The van der Waals surface area contributed by atoms with Gasteiger partial charge in [0.15, 0.2) is 17.5 Å². The van der Waals surface area contributed by atoms with Crippen molar-refractivity contribution < 1.29 is 18.7 Å². The van der Waals surface area contributed by atoms with E-state index < -0.39 is 11.8 Å². The molecule has 1 fully saturated rings. The number of nitrogens with zero attached hydrogens (tertiary/aromatic N) is 4. The average Bonchev–Trinajstić information content (AvgIpc) is 3.35. The number of H-pyrrole nitrogens is 1. The zero-order chi connectivity index (χ0) is 26.6. The summed E-state index contributed by atoms with van der Waals surface area (Å²) in [5.74, 6) is -0.351. The Labute approximate surface area is 223 Å². The quantitative estimate of drug-likeness (QED) is 0.334. The van der Waals surface area contributed by atoms with Crippen molar-refractivity contribution in [3.63, 3.8) is 0 Å². The number of carbonyl (C=O) groups excluding carboxylic acids is 2. The maximum absolute atomic E-state index is 14.6. The zero-order valence-electron chi connectivity index (χ0n) is 20.7. The number of anilines is 1. The normalized spacial score (nSPS) is 15.4. The van der Waals surface area contributed by atoms with Gasteiger partial charge in [-0.1, -0.05) is 23.7 Å². The Kier molecular flexibility index (Phi) is 7.50. The van der Waals surface area contributed by atoms with E-state index in [2.05, 4.69) is 25.3 Å². The number of carbonyl (C=O) groups is 2. The molecule has 4 heterocycles. The second-order valence-electron chi connectivity index (χ2n) is 9.24. The number of benzene rings is 1. The Morgan fingerprint density at radius 3 is 2.84 bits per heavy atom. The first-order valence-corrected chi connectivity index (χ1v) is 12.6. The number of aromatic amines is 1. The number of aromatic nitrogens is 4. The average molecular weight is 537 g/mol. The van der Waals surface area contributed by atoms with Gasteiger partial charge >= 0.3 is 5.97 Å². The lowest BCUT2D eigenvalue weighted by Gasteiger charge is -2.33. The van der Waals surface area contributed by atoms with Crippen LogP contribution in [-0.2, 0) is 16.0 Å². The van der Waals surface area contributed by atoms with Crippen LogP contribution in [0.1, 0.15) is 28.8 Å². The fourth-order valence-corrected chi connectivity index (χ4v) is 4.80. The number of methoxy groups -OCH3 is 1. The largest absolute Gasteiger partial charge is 0.465 e. The van der Waals surface area contributed by atoms with Gasteiger partial charge in [0.05, 0.1) is 30.3 Å². The SMILES string of the molecule is COC(=O)c1ccc(CC(=O)N2CCCC(CNc3nc(-c4c[nH]c5ncc(Cl)cc45)ncc3F)C2)cc1. The Morgan fingerprint density at radius 1 is 1.24 bits per heavy atom. The third-order valence-corrected chi connectivity index (χ3v) is 6.85. The molecule has 2 N–H and O–H groups in total. The molecule has 1 amide bonds. The van der Waals surface area contributed by atoms with Gasteiger partial charge in [0.25, 0.3) is 0 Å². The molecule has 3 aromatic heterocycles. The van der Waals surface area contributed by atoms with Crippen LogP contribution < -0.4 is 5.32 Å². The van der Waals surface area contributed by atoms with Crippen molar-refractivity contribution in [2.75, 3.05) is 32.1 Å². The predicted molar refractivity (Wildman–Crippen MR) is 141 cm³/mol. The van der Waals surface area contributed by atoms with Crippen LogP contribution in [0.2, 0.25) is 5.02 Å². The molecule has 0 bridgehead atoms. The number of pyridine rings is 1. The van der Waals surface area contributed by atoms with Gasteiger partial charge in [-0.05, 0) is 42.5 Å². The van der Waals surface area contributed by atoms with E-state index in [-0.39, 0.29) is 24.1 Å². The second kappa shape index (κ2) is 11.1. The molecule has 5 rings (SSSR count). The van der Waals surface area contributed by atoms with Gasteiger partial charge in [0.1, 0.15) is 5.65 Å². The van der Waals surface area contributed by atoms with E-state index in [1.54, 1.807) is 42.7 Å². The molecule has 38 heavy (non-hydrogen) atoms. The topological polar surface area (TPSA) is 113 Å². The van der Waals surface area contributed by atoms with Crippen LogP contribution in [0.5, 0.6) is 0 Å². The standard InChI is InChI=1S/C27H26ClFN6O3/c1-38-27(37)18-6-4-16(5-7-18)9-23(36)35-8-2-3-17(15-35)11-30-26-22(29)14-33-25(34-26)21-13-32-24-20(21)10-19(28)12-31-24/h4-7,10,12-14,17H,2-3,8-9,11,15H2,1H3,(H,31,32)(H,30,33,34). The Balaban J connectivity index is 1.21. The molecule has 0 aliphatic carbocycles. The minimum absolute atomic E-state index is 0.0163. The van der Waals surface area contributed by atoms with E-state index in [9.17, 15) is 14.0 Å². The molecule has 1 unspecified atom stereocenters. The molecule has 4 aromatic rings. The van der Waals surface area contributed by atoms with E-state index in [0.29, 0.717) is 47.3 Å². The highest BCUT2D eigenvalue weighted by Crippen LogP contribution is 2.28. The third kappa shape index (κ3) is 5.60. The first-order chi connectivity index (χ1) is 18.4. The van der Waals surface area contributed by atoms with Gasteiger partial charge in [0.2, 0.25) is 5.91 Å². The van der Waals surface area contributed by atoms with Crippen molar-refractivity contribution >= 4 is 40.3 Å². The summed E-state index contributed by atoms with van der Waals surface area (Å²) in [7, 11) is 1.33. The molecular formula is C27H26ClFN6O3. The third-order valence-electron chi connectivity index (χ3n) is 6.64. The van der Waals surface area contributed by atoms with Crippen LogP contribution >= 0.6 is 11.6 Å². The molecule has 196 valence electrons. The fraction of sp³-hybridized carbons (Fsp3) is 0.296. The number of nitrogens with one attached hydrogen (secondary N) is 2. The van der Waals surface area contributed by atoms with Crippen molar-refractivity contribution in [3.05, 3.63) is 70.9 Å². The Hall–Kier alpha value is -4.05. The number of ether oxygens (including phenoxy) is 1. The number of rotatable bonds is 7. The molecule has 11 heteroatoms. The Bertz CT molecular complexity index is 1480. The summed E-state index contributed by atoms with van der Waals surface area (Å²) >= 11 is 6.10. The molecule has 1 aromatic carbocycles. The lowest BCUT2D eigenvalue weighted by atomic mass is 9.97. The highest BCUT2D eigenvalue weighted by molar-refractivity contribution is 6.31. The van der Waals surface area contributed by atoms with Gasteiger partial charge < -0.3 is 19.9 Å². The van der Waals surface area contributed by atoms with Crippen LogP contribution in [0.3, 0.4) is 0 Å². The first kappa shape index (κ1) is 25.6. The minimum atomic E-state index is -0.552. The van der Waals surface area contributed by atoms with E-state index in [1.807, 2.05) is 4.90 Å². The summed E-state index contributed by atoms with van der Waals surface area (Å²) in [5, 5.41) is 4.34. The van der Waals surface area contributed by atoms with Gasteiger partial charge in [-0.25, -0.2) is 24.1 Å². The van der Waals surface area contributed by atoms with Crippen molar-refractivity contribution in [3.8, 4) is 11.4 Å². The molecule has 1 atom stereocenters. The predicted octanol–water partition coefficient (Wildman–Crippen LogP) is 4.49. The van der Waals surface area contributed by atoms with Crippen molar-refractivity contribution in [1.29, 1.82) is 0 Å². The van der Waals surface area contributed by atoms with E-state index in [1.165, 1.54) is 7.11 Å². The van der Waals surface area contributed by atoms with Crippen molar-refractivity contribution in [2.24, 2.45) is 5.92 Å². The summed E-state index contributed by atoms with van der Waals surface area (Å²) in [6.07, 6.45) is 6.43. The number of halogens is 2. The summed E-state index contributed by atoms with van der Waals surface area (Å²) < 4.78 is 19.3. The van der Waals surface area contributed by atoms with Crippen LogP contribution in [-0.4, -0.2) is 63.5 Å². The number of hydrogen-bond donors (Lipinski definition) is 2. The van der Waals surface area contributed by atoms with Crippen LogP contribution in [0.25, 0.3) is 22.4 Å². The Morgan fingerprint density at radius 2 is 2.05 bits per heavy atom. The van der Waals surface area contributed by atoms with Crippen LogP contribution in [0.15, 0.2) is 48.9 Å². The van der Waals surface area contributed by atoms with Crippen molar-refractivity contribution in [1.82, 2.24) is 24.8 Å². The number of hydrogen-bond acceptors (Lipinski definition) is 7. The van der Waals surface area contributed by atoms with Gasteiger partial charge in [0, 0.05) is 43.0 Å². The van der Waals surface area contributed by atoms with Crippen LogP contribution in [0, 0.1) is 11.7 Å². The lowest BCUT2D eigenvalue weighted by Crippen LogP contribution is -2.42. The zero-order valence-corrected chi connectivity index (χ0v) is 21.5. The smallest absolute Gasteiger partial charge is 0.337 e. The highest BCUT2D eigenvalue weighted by atomic mass is 35.5. The van der Waals surface area contributed by atoms with E-state index in [0.717, 1.165) is 30.0 Å². The molecule has 0 saturated carbocycles. The van der Waals surface area contributed by atoms with Gasteiger partial charge in [-0.2, -0.15) is 0 Å². The molecular weight excluding hydrogens is 511 g/mol.